The van der Waals surface area contributed by atoms with Crippen molar-refractivity contribution in [3.63, 3.8) is 0 Å². The van der Waals surface area contributed by atoms with Crippen molar-refractivity contribution >= 4 is 52.5 Å². The monoisotopic (exact) mass is 846 g/mol. The predicted octanol–water partition coefficient (Wildman–Crippen LogP) is 1.16. The van der Waals surface area contributed by atoms with Crippen LogP contribution in [0.15, 0.2) is 18.2 Å². The Bertz CT molecular complexity index is 1770. The van der Waals surface area contributed by atoms with Gasteiger partial charge in [-0.05, 0) is 52.9 Å². The van der Waals surface area contributed by atoms with Crippen LogP contribution in [-0.2, 0) is 24.7 Å². The van der Waals surface area contributed by atoms with Crippen LogP contribution in [0.3, 0.4) is 0 Å². The molecule has 0 radical (unpaired) electrons. The summed E-state index contributed by atoms with van der Waals surface area (Å²) in [4.78, 5) is 70.6. The fourth-order valence-electron chi connectivity index (χ4n) is 7.00. The van der Waals surface area contributed by atoms with Gasteiger partial charge in [0.25, 0.3) is 0 Å². The van der Waals surface area contributed by atoms with Crippen molar-refractivity contribution in [1.82, 2.24) is 49.8 Å². The second-order valence-corrected chi connectivity index (χ2v) is 16.3. The van der Waals surface area contributed by atoms with E-state index in [0.29, 0.717) is 119 Å². The minimum atomic E-state index is -1.02. The zero-order valence-corrected chi connectivity index (χ0v) is 35.5. The Labute approximate surface area is 350 Å². The number of amides is 1. The molecule has 2 aliphatic heterocycles. The number of nitrogens with zero attached hydrogens (tertiary/aromatic N) is 9. The molecule has 0 spiro atoms. The van der Waals surface area contributed by atoms with Crippen LogP contribution in [0.5, 0.6) is 0 Å². The number of carboxylic acid groups (broad SMARTS) is 3. The van der Waals surface area contributed by atoms with Crippen LogP contribution in [0.1, 0.15) is 59.8 Å². The number of alkyl halides is 1. The molecule has 0 saturated carbocycles. The van der Waals surface area contributed by atoms with Crippen LogP contribution >= 0.6 is 0 Å². The lowest BCUT2D eigenvalue weighted by molar-refractivity contribution is -0.140. The maximum absolute atomic E-state index is 14.2. The highest BCUT2D eigenvalue weighted by molar-refractivity contribution is 6.01. The highest BCUT2D eigenvalue weighted by atomic mass is 19.1. The summed E-state index contributed by atoms with van der Waals surface area (Å²) < 4.78 is 16.1. The Morgan fingerprint density at radius 2 is 1.35 bits per heavy atom. The minimum absolute atomic E-state index is 0.0590. The van der Waals surface area contributed by atoms with Crippen molar-refractivity contribution in [2.24, 2.45) is 0 Å². The Kier molecular flexibility index (Phi) is 18.4. The molecule has 4 heterocycles. The summed E-state index contributed by atoms with van der Waals surface area (Å²) in [6, 6.07) is 0. The second-order valence-electron chi connectivity index (χ2n) is 16.3. The van der Waals surface area contributed by atoms with Crippen LogP contribution in [0, 0.1) is 5.41 Å². The number of hydrogen-bond acceptors (Lipinski definition) is 15. The third kappa shape index (κ3) is 15.6. The molecule has 1 atom stereocenters. The summed E-state index contributed by atoms with van der Waals surface area (Å²) in [6.45, 7) is 11.8. The summed E-state index contributed by atoms with van der Waals surface area (Å²) in [5.74, 6) is -2.38. The lowest BCUT2D eigenvalue weighted by Gasteiger charge is -2.32. The van der Waals surface area contributed by atoms with Gasteiger partial charge in [0.15, 0.2) is 17.0 Å². The van der Waals surface area contributed by atoms with Crippen molar-refractivity contribution in [2.45, 2.75) is 71.5 Å². The first-order chi connectivity index (χ1) is 28.5. The van der Waals surface area contributed by atoms with Crippen LogP contribution < -0.4 is 20.9 Å². The molecular weight excluding hydrogens is 782 g/mol. The molecule has 21 heteroatoms. The van der Waals surface area contributed by atoms with Crippen molar-refractivity contribution in [3.8, 4) is 0 Å². The van der Waals surface area contributed by atoms with Crippen molar-refractivity contribution in [3.05, 3.63) is 18.2 Å². The van der Waals surface area contributed by atoms with Gasteiger partial charge in [0, 0.05) is 83.7 Å². The number of allylic oxidation sites excluding steroid dienone is 1. The molecule has 2 aliphatic rings. The van der Waals surface area contributed by atoms with E-state index in [1.807, 2.05) is 21.3 Å². The van der Waals surface area contributed by atoms with E-state index in [4.69, 9.17) is 15.4 Å². The second kappa shape index (κ2) is 23.1. The van der Waals surface area contributed by atoms with E-state index < -0.39 is 24.1 Å². The molecule has 60 heavy (non-hydrogen) atoms. The van der Waals surface area contributed by atoms with Gasteiger partial charge >= 0.3 is 17.9 Å². The number of fused-ring (bicyclic) bond motifs is 1. The number of carboxylic acids is 3. The number of nitrogens with one attached hydrogen (secondary N) is 4. The maximum atomic E-state index is 14.2. The number of carbonyl (C=O) groups is 4. The van der Waals surface area contributed by atoms with E-state index in [9.17, 15) is 38.9 Å². The Morgan fingerprint density at radius 1 is 0.817 bits per heavy atom. The average Bonchev–Trinajstić information content (AvgIpc) is 3.82. The number of carbonyl (C=O) groups excluding carboxylic acids is 1. The molecule has 334 valence electrons. The van der Waals surface area contributed by atoms with Gasteiger partial charge in [0.2, 0.25) is 11.9 Å². The summed E-state index contributed by atoms with van der Waals surface area (Å²) in [5, 5.41) is 46.5. The predicted molar refractivity (Wildman–Crippen MR) is 225 cm³/mol. The summed E-state index contributed by atoms with van der Waals surface area (Å²) in [7, 11) is 0. The van der Waals surface area contributed by atoms with Crippen LogP contribution in [0.4, 0.5) is 16.2 Å². The summed E-state index contributed by atoms with van der Waals surface area (Å²) in [6.07, 6.45) is 5.76. The first-order valence-electron chi connectivity index (χ1n) is 20.8. The van der Waals surface area contributed by atoms with E-state index in [0.717, 1.165) is 19.3 Å². The quantitative estimate of drug-likeness (QED) is 0.0730. The van der Waals surface area contributed by atoms with Gasteiger partial charge in [-0.3, -0.25) is 38.8 Å². The van der Waals surface area contributed by atoms with Gasteiger partial charge in [-0.1, -0.05) is 6.92 Å². The molecule has 0 aromatic carbocycles. The molecule has 2 saturated heterocycles. The van der Waals surface area contributed by atoms with Gasteiger partial charge in [-0.15, -0.1) is 0 Å². The van der Waals surface area contributed by atoms with Gasteiger partial charge in [-0.25, -0.2) is 9.37 Å². The first-order valence-corrected chi connectivity index (χ1v) is 20.8. The number of rotatable bonds is 20. The highest BCUT2D eigenvalue weighted by Gasteiger charge is 2.28. The standard InChI is InChI=1S/C39H64FN13O7/c1-5-29(41)30(45-36-35-37(53(27-44-35)39(2,3)4)47-38(46-36)52-12-9-28(40)22-52)21-42-10-7-6-8-11-43-31(54)23-48-13-15-49(24-32(55)56)17-19-51(26-34(59)60)20-18-50(16-14-48)25-33(57)58/h21,27-28,41-42H,5-20,22-26H2,1-4H3,(H,43,54)(H,55,56)(H,57,58)(H,59,60)(H,45,46,47)/b30-21+,41-29?/t28-/m0/s1. The van der Waals surface area contributed by atoms with Crippen LogP contribution in [0.2, 0.25) is 0 Å². The van der Waals surface area contributed by atoms with E-state index in [1.165, 1.54) is 0 Å². The minimum Gasteiger partial charge on any atom is -0.480 e. The SMILES string of the molecule is CCC(=N)/C(=C\NCCCCCNC(=O)CN1CCN(CC(=O)O)CCN(CC(=O)O)CCN(CC(=O)O)CC1)Nc1nc(N2CC[C@H](F)C2)nc2c1ncn2C(C)(C)C. The van der Waals surface area contributed by atoms with E-state index >= 15 is 0 Å². The molecule has 7 N–H and O–H groups in total. The molecule has 1 amide bonds. The number of aliphatic carboxylic acids is 3. The smallest absolute Gasteiger partial charge is 0.317 e. The highest BCUT2D eigenvalue weighted by Crippen LogP contribution is 2.29. The maximum Gasteiger partial charge on any atom is 0.317 e. The molecule has 0 aliphatic carbocycles. The normalized spacial score (nSPS) is 18.5. The topological polar surface area (TPSA) is 249 Å². The number of halogens is 1. The van der Waals surface area contributed by atoms with Crippen molar-refractivity contribution in [1.29, 1.82) is 5.41 Å². The molecule has 4 rings (SSSR count). The number of unbranched alkanes of at least 4 members (excludes halogenated alkanes) is 2. The zero-order valence-electron chi connectivity index (χ0n) is 35.5. The molecule has 20 nitrogen and oxygen atoms in total. The lowest BCUT2D eigenvalue weighted by atomic mass is 10.1. The lowest BCUT2D eigenvalue weighted by Crippen LogP contribution is -2.49. The van der Waals surface area contributed by atoms with Crippen molar-refractivity contribution in [2.75, 3.05) is 115 Å². The molecule has 2 fully saturated rings. The summed E-state index contributed by atoms with van der Waals surface area (Å²) >= 11 is 0. The largest absolute Gasteiger partial charge is 0.480 e. The fourth-order valence-corrected chi connectivity index (χ4v) is 7.00. The van der Waals surface area contributed by atoms with Gasteiger partial charge < -0.3 is 46.1 Å². The molecular formula is C39H64FN13O7. The molecule has 2 aromatic rings. The van der Waals surface area contributed by atoms with Crippen molar-refractivity contribution < 1.29 is 38.9 Å². The van der Waals surface area contributed by atoms with Gasteiger partial charge in [-0.2, -0.15) is 9.97 Å². The van der Waals surface area contributed by atoms with E-state index in [-0.39, 0.29) is 44.2 Å². The first kappa shape index (κ1) is 47.7. The van der Waals surface area contributed by atoms with Crippen LogP contribution in [-0.4, -0.2) is 195 Å². The molecule has 0 bridgehead atoms. The Hall–Kier alpha value is -4.99. The zero-order chi connectivity index (χ0) is 43.8. The van der Waals surface area contributed by atoms with Crippen LogP contribution in [0.25, 0.3) is 11.2 Å². The Balaban J connectivity index is 1.29. The number of aromatic nitrogens is 4. The van der Waals surface area contributed by atoms with Gasteiger partial charge in [0.05, 0.1) is 50.5 Å². The summed E-state index contributed by atoms with van der Waals surface area (Å²) in [5.41, 5.74) is 1.76. The molecule has 2 aromatic heterocycles. The number of hydrogen-bond donors (Lipinski definition) is 7. The average molecular weight is 846 g/mol. The number of imidazole rings is 1. The van der Waals surface area contributed by atoms with Gasteiger partial charge in [0.1, 0.15) is 6.17 Å². The fraction of sp³-hybridized carbons (Fsp3) is 0.692. The third-order valence-electron chi connectivity index (χ3n) is 10.4. The Morgan fingerprint density at radius 3 is 1.83 bits per heavy atom. The number of anilines is 2. The van der Waals surface area contributed by atoms with E-state index in [1.54, 1.807) is 27.2 Å². The molecule has 0 unspecified atom stereocenters. The third-order valence-corrected chi connectivity index (χ3v) is 10.4. The van der Waals surface area contributed by atoms with E-state index in [2.05, 4.69) is 41.7 Å².